The molecule has 1 amide bonds. The lowest BCUT2D eigenvalue weighted by Crippen LogP contribution is -2.27. The Bertz CT molecular complexity index is 1470. The molecule has 4 aromatic rings. The quantitative estimate of drug-likeness (QED) is 0.301. The smallest absolute Gasteiger partial charge is 0.276 e. The van der Waals surface area contributed by atoms with Gasteiger partial charge in [0.2, 0.25) is 15.0 Å². The highest BCUT2D eigenvalue weighted by atomic mass is 32.2. The molecule has 0 spiro atoms. The van der Waals surface area contributed by atoms with Crippen molar-refractivity contribution in [1.82, 2.24) is 9.97 Å². The second-order valence-corrected chi connectivity index (χ2v) is 10.9. The van der Waals surface area contributed by atoms with Crippen molar-refractivity contribution in [3.05, 3.63) is 102 Å². The lowest BCUT2D eigenvalue weighted by Gasteiger charge is -2.25. The van der Waals surface area contributed by atoms with Crippen LogP contribution in [0.25, 0.3) is 0 Å². The lowest BCUT2D eigenvalue weighted by molar-refractivity contribution is 0.102. The van der Waals surface area contributed by atoms with Crippen molar-refractivity contribution in [2.45, 2.75) is 38.0 Å². The maximum Gasteiger partial charge on any atom is 0.276 e. The minimum absolute atomic E-state index is 0.134. The van der Waals surface area contributed by atoms with Crippen molar-refractivity contribution in [3.8, 4) is 0 Å². The molecule has 2 heterocycles. The van der Waals surface area contributed by atoms with E-state index < -0.39 is 26.7 Å². The minimum Gasteiger partial charge on any atom is -0.467 e. The van der Waals surface area contributed by atoms with Crippen LogP contribution < -0.4 is 10.2 Å². The van der Waals surface area contributed by atoms with Gasteiger partial charge in [0.05, 0.1) is 24.7 Å². The molecule has 10 heteroatoms. The molecule has 0 aliphatic heterocycles. The van der Waals surface area contributed by atoms with Crippen LogP contribution >= 0.6 is 0 Å². The monoisotopic (exact) mass is 522 g/mol. The average molecular weight is 523 g/mol. The number of amides is 1. The summed E-state index contributed by atoms with van der Waals surface area (Å²) < 4.78 is 43.3. The van der Waals surface area contributed by atoms with Crippen LogP contribution in [0.5, 0.6) is 0 Å². The number of hydrogen-bond donors (Lipinski definition) is 1. The largest absolute Gasteiger partial charge is 0.467 e. The molecule has 0 aliphatic carbocycles. The minimum atomic E-state index is -3.79. The van der Waals surface area contributed by atoms with Crippen molar-refractivity contribution in [2.75, 3.05) is 16.5 Å². The van der Waals surface area contributed by atoms with E-state index in [9.17, 15) is 17.6 Å². The molecule has 0 unspecified atom stereocenters. The fraction of sp³-hybridized carbons (Fsp3) is 0.222. The molecule has 192 valence electrons. The maximum atomic E-state index is 13.3. The van der Waals surface area contributed by atoms with Crippen LogP contribution in [-0.2, 0) is 22.9 Å². The van der Waals surface area contributed by atoms with Crippen LogP contribution in [0, 0.1) is 5.82 Å². The molecule has 37 heavy (non-hydrogen) atoms. The van der Waals surface area contributed by atoms with E-state index in [2.05, 4.69) is 41.3 Å². The summed E-state index contributed by atoms with van der Waals surface area (Å²) >= 11 is 0. The summed E-state index contributed by atoms with van der Waals surface area (Å²) in [6.45, 7) is 4.88. The standard InChI is InChI=1S/C27H27FN4O4S/c1-18(2)20-8-6-19(7-9-20)16-32(17-23-5-4-14-36-23)24-15-29-27(37(3,34)35)31-25(24)26(33)30-22-12-10-21(28)11-13-22/h4-15,18H,16-17H2,1-3H3,(H,30,33). The van der Waals surface area contributed by atoms with Crippen LogP contribution in [0.15, 0.2) is 82.7 Å². The summed E-state index contributed by atoms with van der Waals surface area (Å²) in [6, 6.07) is 16.9. The first-order valence-electron chi connectivity index (χ1n) is 11.6. The number of benzene rings is 2. The molecule has 0 fully saturated rings. The van der Waals surface area contributed by atoms with Gasteiger partial charge in [-0.15, -0.1) is 0 Å². The number of carbonyl (C=O) groups excluding carboxylic acids is 1. The third kappa shape index (κ3) is 6.59. The van der Waals surface area contributed by atoms with Crippen LogP contribution in [0.3, 0.4) is 0 Å². The predicted molar refractivity (Wildman–Crippen MR) is 139 cm³/mol. The molecule has 0 saturated carbocycles. The van der Waals surface area contributed by atoms with E-state index in [4.69, 9.17) is 4.42 Å². The Labute approximate surface area is 215 Å². The Balaban J connectivity index is 1.76. The van der Waals surface area contributed by atoms with E-state index in [1.54, 1.807) is 18.4 Å². The second kappa shape index (κ2) is 10.9. The Morgan fingerprint density at radius 3 is 2.35 bits per heavy atom. The molecule has 2 aromatic heterocycles. The van der Waals surface area contributed by atoms with E-state index in [1.165, 1.54) is 36.0 Å². The van der Waals surface area contributed by atoms with Gasteiger partial charge in [0.25, 0.3) is 5.91 Å². The molecule has 2 aromatic carbocycles. The highest BCUT2D eigenvalue weighted by Gasteiger charge is 2.24. The topological polar surface area (TPSA) is 105 Å². The highest BCUT2D eigenvalue weighted by molar-refractivity contribution is 7.90. The number of hydrogen-bond acceptors (Lipinski definition) is 7. The summed E-state index contributed by atoms with van der Waals surface area (Å²) in [5, 5.41) is 2.19. The fourth-order valence-corrected chi connectivity index (χ4v) is 4.21. The molecule has 0 aliphatic rings. The first-order valence-corrected chi connectivity index (χ1v) is 13.5. The summed E-state index contributed by atoms with van der Waals surface area (Å²) in [6.07, 6.45) is 3.85. The number of nitrogens with zero attached hydrogens (tertiary/aromatic N) is 3. The number of carbonyl (C=O) groups is 1. The summed E-state index contributed by atoms with van der Waals surface area (Å²) in [7, 11) is -3.79. The molecular formula is C27H27FN4O4S. The third-order valence-corrected chi connectivity index (χ3v) is 6.54. The maximum absolute atomic E-state index is 13.3. The zero-order chi connectivity index (χ0) is 26.6. The third-order valence-electron chi connectivity index (χ3n) is 5.68. The van der Waals surface area contributed by atoms with Gasteiger partial charge in [0, 0.05) is 18.5 Å². The van der Waals surface area contributed by atoms with Crippen LogP contribution in [0.1, 0.15) is 47.1 Å². The molecule has 0 bridgehead atoms. The van der Waals surface area contributed by atoms with Gasteiger partial charge >= 0.3 is 0 Å². The highest BCUT2D eigenvalue weighted by Crippen LogP contribution is 2.26. The normalized spacial score (nSPS) is 11.5. The number of anilines is 2. The summed E-state index contributed by atoms with van der Waals surface area (Å²) in [5.41, 5.74) is 2.68. The van der Waals surface area contributed by atoms with Crippen LogP contribution in [0.4, 0.5) is 15.8 Å². The van der Waals surface area contributed by atoms with Gasteiger partial charge in [-0.2, -0.15) is 0 Å². The molecule has 0 radical (unpaired) electrons. The van der Waals surface area contributed by atoms with Crippen molar-refractivity contribution >= 4 is 27.1 Å². The Morgan fingerprint density at radius 2 is 1.76 bits per heavy atom. The summed E-state index contributed by atoms with van der Waals surface area (Å²) in [5.74, 6) is -0.0930. The van der Waals surface area contributed by atoms with Crippen molar-refractivity contribution in [3.63, 3.8) is 0 Å². The van der Waals surface area contributed by atoms with E-state index in [0.29, 0.717) is 29.6 Å². The lowest BCUT2D eigenvalue weighted by atomic mass is 10.0. The van der Waals surface area contributed by atoms with Gasteiger partial charge < -0.3 is 14.6 Å². The Morgan fingerprint density at radius 1 is 1.05 bits per heavy atom. The van der Waals surface area contributed by atoms with Gasteiger partial charge in [-0.1, -0.05) is 38.1 Å². The molecule has 0 atom stereocenters. The van der Waals surface area contributed by atoms with Gasteiger partial charge in [0.1, 0.15) is 11.6 Å². The molecule has 8 nitrogen and oxygen atoms in total. The van der Waals surface area contributed by atoms with E-state index in [1.807, 2.05) is 17.0 Å². The zero-order valence-electron chi connectivity index (χ0n) is 20.7. The predicted octanol–water partition coefficient (Wildman–Crippen LogP) is 5.19. The van der Waals surface area contributed by atoms with E-state index >= 15 is 0 Å². The molecule has 4 rings (SSSR count). The first-order chi connectivity index (χ1) is 17.6. The van der Waals surface area contributed by atoms with Crippen LogP contribution in [0.2, 0.25) is 0 Å². The zero-order valence-corrected chi connectivity index (χ0v) is 21.5. The summed E-state index contributed by atoms with van der Waals surface area (Å²) in [4.78, 5) is 23.3. The number of halogens is 1. The SMILES string of the molecule is CC(C)c1ccc(CN(Cc2ccco2)c2cnc(S(C)(=O)=O)nc2C(=O)Nc2ccc(F)cc2)cc1. The van der Waals surface area contributed by atoms with Crippen LogP contribution in [-0.4, -0.2) is 30.5 Å². The fourth-order valence-electron chi connectivity index (χ4n) is 3.71. The Hall–Kier alpha value is -4.05. The number of aromatic nitrogens is 2. The van der Waals surface area contributed by atoms with Crippen molar-refractivity contribution < 1.29 is 22.0 Å². The van der Waals surface area contributed by atoms with Gasteiger partial charge in [-0.25, -0.2) is 22.8 Å². The van der Waals surface area contributed by atoms with Gasteiger partial charge in [-0.3, -0.25) is 4.79 Å². The van der Waals surface area contributed by atoms with Crippen molar-refractivity contribution in [2.24, 2.45) is 0 Å². The number of nitrogens with one attached hydrogen (secondary N) is 1. The Kier molecular flexibility index (Phi) is 7.68. The number of sulfone groups is 1. The van der Waals surface area contributed by atoms with E-state index in [-0.39, 0.29) is 12.2 Å². The number of rotatable bonds is 9. The second-order valence-electron chi connectivity index (χ2n) is 8.95. The molecule has 0 saturated heterocycles. The molecule has 1 N–H and O–H groups in total. The van der Waals surface area contributed by atoms with Crippen molar-refractivity contribution in [1.29, 1.82) is 0 Å². The number of furan rings is 1. The van der Waals surface area contributed by atoms with E-state index in [0.717, 1.165) is 11.8 Å². The van der Waals surface area contributed by atoms with Gasteiger partial charge in [0.15, 0.2) is 5.69 Å². The first kappa shape index (κ1) is 26.0. The average Bonchev–Trinajstić information content (AvgIpc) is 3.37. The molecular weight excluding hydrogens is 495 g/mol. The van der Waals surface area contributed by atoms with Gasteiger partial charge in [-0.05, 0) is 53.4 Å².